The molecular formula is C13H15ClN2O4S. The molecule has 114 valence electrons. The summed E-state index contributed by atoms with van der Waals surface area (Å²) in [7, 11) is 0. The number of carbonyl (C=O) groups is 2. The summed E-state index contributed by atoms with van der Waals surface area (Å²) < 4.78 is 0. The van der Waals surface area contributed by atoms with Gasteiger partial charge in [-0.15, -0.1) is 0 Å². The highest BCUT2D eigenvalue weighted by Crippen LogP contribution is 2.19. The summed E-state index contributed by atoms with van der Waals surface area (Å²) in [6.45, 7) is 1.78. The summed E-state index contributed by atoms with van der Waals surface area (Å²) in [5.74, 6) is -3.40. The molecule has 0 spiro atoms. The van der Waals surface area contributed by atoms with E-state index in [0.717, 1.165) is 11.3 Å². The van der Waals surface area contributed by atoms with E-state index in [1.54, 1.807) is 18.2 Å². The predicted octanol–water partition coefficient (Wildman–Crippen LogP) is 2.11. The maximum absolute atomic E-state index is 10.9. The van der Waals surface area contributed by atoms with Crippen molar-refractivity contribution in [3.8, 4) is 0 Å². The number of anilines is 1. The van der Waals surface area contributed by atoms with Gasteiger partial charge in [-0.1, -0.05) is 11.6 Å². The fourth-order valence-electron chi connectivity index (χ4n) is 1.61. The Balaban J connectivity index is 2.56. The number of benzene rings is 1. The van der Waals surface area contributed by atoms with Crippen molar-refractivity contribution in [3.05, 3.63) is 28.8 Å². The van der Waals surface area contributed by atoms with Crippen LogP contribution in [0, 0.1) is 12.8 Å². The highest BCUT2D eigenvalue weighted by Gasteiger charge is 2.21. The zero-order valence-electron chi connectivity index (χ0n) is 11.2. The van der Waals surface area contributed by atoms with Gasteiger partial charge in [-0.3, -0.25) is 9.59 Å². The molecule has 0 radical (unpaired) electrons. The number of hydrogen-bond donors (Lipinski definition) is 4. The third kappa shape index (κ3) is 5.97. The number of hydrogen-bond acceptors (Lipinski definition) is 3. The maximum atomic E-state index is 10.9. The molecule has 0 aliphatic carbocycles. The molecule has 0 amide bonds. The van der Waals surface area contributed by atoms with Gasteiger partial charge in [0.1, 0.15) is 0 Å². The quantitative estimate of drug-likeness (QED) is 0.593. The van der Waals surface area contributed by atoms with Crippen molar-refractivity contribution in [2.75, 3.05) is 11.9 Å². The van der Waals surface area contributed by atoms with Crippen LogP contribution in [0.1, 0.15) is 12.0 Å². The smallest absolute Gasteiger partial charge is 0.308 e. The van der Waals surface area contributed by atoms with Gasteiger partial charge < -0.3 is 20.8 Å². The number of rotatable bonds is 6. The molecule has 0 fully saturated rings. The molecular weight excluding hydrogens is 316 g/mol. The van der Waals surface area contributed by atoms with Crippen LogP contribution in [0.25, 0.3) is 0 Å². The first-order valence-corrected chi connectivity index (χ1v) is 6.84. The number of thiocarbonyl (C=S) groups is 1. The van der Waals surface area contributed by atoms with Crippen LogP contribution in [-0.2, 0) is 9.59 Å². The van der Waals surface area contributed by atoms with Crippen LogP contribution in [0.2, 0.25) is 5.02 Å². The molecule has 1 aromatic carbocycles. The lowest BCUT2D eigenvalue weighted by Gasteiger charge is -2.15. The van der Waals surface area contributed by atoms with Gasteiger partial charge >= 0.3 is 11.9 Å². The fourth-order valence-corrected chi connectivity index (χ4v) is 2.03. The zero-order valence-corrected chi connectivity index (χ0v) is 12.8. The molecule has 1 aromatic rings. The SMILES string of the molecule is Cc1cc(Cl)ccc1NC(=S)NCC(CC(=O)O)C(=O)O. The van der Waals surface area contributed by atoms with Crippen LogP contribution >= 0.6 is 23.8 Å². The van der Waals surface area contributed by atoms with Crippen molar-refractivity contribution in [1.29, 1.82) is 0 Å². The average molecular weight is 331 g/mol. The van der Waals surface area contributed by atoms with Crippen LogP contribution < -0.4 is 10.6 Å². The second kappa shape index (κ2) is 7.80. The van der Waals surface area contributed by atoms with Gasteiger partial charge in [-0.25, -0.2) is 0 Å². The molecule has 8 heteroatoms. The summed E-state index contributed by atoms with van der Waals surface area (Å²) in [4.78, 5) is 21.5. The van der Waals surface area contributed by atoms with Gasteiger partial charge in [-0.2, -0.15) is 0 Å². The Labute approximate surface area is 132 Å². The summed E-state index contributed by atoms with van der Waals surface area (Å²) in [6, 6.07) is 5.21. The van der Waals surface area contributed by atoms with Gasteiger partial charge in [0, 0.05) is 17.3 Å². The minimum absolute atomic E-state index is 0.0693. The van der Waals surface area contributed by atoms with E-state index in [2.05, 4.69) is 10.6 Å². The van der Waals surface area contributed by atoms with Gasteiger partial charge in [0.15, 0.2) is 5.11 Å². The number of carboxylic acids is 2. The highest BCUT2D eigenvalue weighted by atomic mass is 35.5. The molecule has 4 N–H and O–H groups in total. The molecule has 21 heavy (non-hydrogen) atoms. The zero-order chi connectivity index (χ0) is 16.0. The van der Waals surface area contributed by atoms with E-state index in [-0.39, 0.29) is 11.7 Å². The Bertz CT molecular complexity index is 565. The summed E-state index contributed by atoms with van der Waals surface area (Å²) in [6.07, 6.45) is -0.467. The minimum atomic E-state index is -1.18. The van der Waals surface area contributed by atoms with Gasteiger partial charge in [0.2, 0.25) is 0 Å². The van der Waals surface area contributed by atoms with Crippen molar-refractivity contribution in [1.82, 2.24) is 5.32 Å². The highest BCUT2D eigenvalue weighted by molar-refractivity contribution is 7.80. The van der Waals surface area contributed by atoms with Gasteiger partial charge in [0.25, 0.3) is 0 Å². The molecule has 0 saturated heterocycles. The summed E-state index contributed by atoms with van der Waals surface area (Å²) >= 11 is 10.9. The van der Waals surface area contributed by atoms with Crippen LogP contribution in [0.15, 0.2) is 18.2 Å². The minimum Gasteiger partial charge on any atom is -0.481 e. The van der Waals surface area contributed by atoms with Crippen molar-refractivity contribution < 1.29 is 19.8 Å². The lowest BCUT2D eigenvalue weighted by atomic mass is 10.1. The first-order valence-electron chi connectivity index (χ1n) is 6.05. The normalized spacial score (nSPS) is 11.5. The van der Waals surface area contributed by atoms with Gasteiger partial charge in [-0.05, 0) is 42.9 Å². The van der Waals surface area contributed by atoms with Crippen molar-refractivity contribution in [2.45, 2.75) is 13.3 Å². The van der Waals surface area contributed by atoms with E-state index in [1.807, 2.05) is 6.92 Å². The van der Waals surface area contributed by atoms with Crippen LogP contribution in [0.5, 0.6) is 0 Å². The maximum Gasteiger partial charge on any atom is 0.308 e. The van der Waals surface area contributed by atoms with Crippen molar-refractivity contribution in [3.63, 3.8) is 0 Å². The lowest BCUT2D eigenvalue weighted by Crippen LogP contribution is -2.36. The molecule has 6 nitrogen and oxygen atoms in total. The largest absolute Gasteiger partial charge is 0.481 e. The molecule has 1 atom stereocenters. The first-order chi connectivity index (χ1) is 9.79. The topological polar surface area (TPSA) is 98.7 Å². The number of aliphatic carboxylic acids is 2. The predicted molar refractivity (Wildman–Crippen MR) is 83.8 cm³/mol. The Morgan fingerprint density at radius 3 is 2.57 bits per heavy atom. The number of nitrogens with one attached hydrogen (secondary N) is 2. The molecule has 0 bridgehead atoms. The van der Waals surface area contributed by atoms with E-state index in [4.69, 9.17) is 34.0 Å². The first kappa shape index (κ1) is 17.2. The monoisotopic (exact) mass is 330 g/mol. The Hall–Kier alpha value is -1.86. The van der Waals surface area contributed by atoms with Crippen molar-refractivity contribution in [2.24, 2.45) is 5.92 Å². The number of aryl methyl sites for hydroxylation is 1. The Morgan fingerprint density at radius 2 is 2.05 bits per heavy atom. The molecule has 1 unspecified atom stereocenters. The van der Waals surface area contributed by atoms with E-state index in [1.165, 1.54) is 0 Å². The van der Waals surface area contributed by atoms with E-state index in [0.29, 0.717) is 5.02 Å². The Kier molecular flexibility index (Phi) is 6.39. The fraction of sp³-hybridized carbons (Fsp3) is 0.308. The van der Waals surface area contributed by atoms with E-state index < -0.39 is 24.3 Å². The third-order valence-corrected chi connectivity index (χ3v) is 3.20. The molecule has 0 saturated carbocycles. The summed E-state index contributed by atoms with van der Waals surface area (Å²) in [5.41, 5.74) is 1.62. The number of halogens is 1. The number of carboxylic acid groups (broad SMARTS) is 2. The van der Waals surface area contributed by atoms with E-state index in [9.17, 15) is 9.59 Å². The van der Waals surface area contributed by atoms with E-state index >= 15 is 0 Å². The molecule has 0 aromatic heterocycles. The second-order valence-corrected chi connectivity index (χ2v) is 5.27. The molecule has 0 aliphatic heterocycles. The molecule has 0 aliphatic rings. The van der Waals surface area contributed by atoms with Crippen LogP contribution in [0.4, 0.5) is 5.69 Å². The standard InChI is InChI=1S/C13H15ClN2O4S/c1-7-4-9(14)2-3-10(7)16-13(21)15-6-8(12(19)20)5-11(17)18/h2-4,8H,5-6H2,1H3,(H,17,18)(H,19,20)(H2,15,16,21). The third-order valence-electron chi connectivity index (χ3n) is 2.72. The lowest BCUT2D eigenvalue weighted by molar-refractivity contribution is -0.148. The van der Waals surface area contributed by atoms with Gasteiger partial charge in [0.05, 0.1) is 12.3 Å². The average Bonchev–Trinajstić information content (AvgIpc) is 2.37. The van der Waals surface area contributed by atoms with Crippen LogP contribution in [-0.4, -0.2) is 33.8 Å². The van der Waals surface area contributed by atoms with Crippen molar-refractivity contribution >= 4 is 46.6 Å². The second-order valence-electron chi connectivity index (χ2n) is 4.43. The van der Waals surface area contributed by atoms with Crippen LogP contribution in [0.3, 0.4) is 0 Å². The molecule has 0 heterocycles. The Morgan fingerprint density at radius 1 is 1.38 bits per heavy atom. The summed E-state index contributed by atoms with van der Waals surface area (Å²) in [5, 5.41) is 24.0. The molecule has 1 rings (SSSR count).